The monoisotopic (exact) mass is 354 g/mol. The van der Waals surface area contributed by atoms with Crippen molar-refractivity contribution in [1.82, 2.24) is 9.78 Å². The summed E-state index contributed by atoms with van der Waals surface area (Å²) in [6.45, 7) is 3.28. The quantitative estimate of drug-likeness (QED) is 0.570. The van der Waals surface area contributed by atoms with Crippen molar-refractivity contribution in [2.24, 2.45) is 0 Å². The number of carbonyl (C=O) groups is 1. The minimum absolute atomic E-state index is 0.0613. The number of halogens is 1. The van der Waals surface area contributed by atoms with Gasteiger partial charge in [-0.05, 0) is 38.1 Å². The number of anilines is 1. The Hall–Kier alpha value is -3.55. The minimum Gasteiger partial charge on any atom is -0.306 e. The van der Waals surface area contributed by atoms with Gasteiger partial charge in [0.05, 0.1) is 10.6 Å². The molecule has 0 atom stereocenters. The van der Waals surface area contributed by atoms with E-state index < -0.39 is 16.6 Å². The molecule has 0 aliphatic carbocycles. The van der Waals surface area contributed by atoms with E-state index in [9.17, 15) is 19.3 Å². The van der Waals surface area contributed by atoms with Crippen LogP contribution in [0, 0.1) is 29.8 Å². The van der Waals surface area contributed by atoms with E-state index in [2.05, 4.69) is 10.4 Å². The van der Waals surface area contributed by atoms with Gasteiger partial charge in [0.15, 0.2) is 0 Å². The molecule has 1 heterocycles. The molecule has 1 amide bonds. The van der Waals surface area contributed by atoms with E-state index >= 15 is 0 Å². The van der Waals surface area contributed by atoms with Crippen LogP contribution in [-0.2, 0) is 0 Å². The Kier molecular flexibility index (Phi) is 4.49. The summed E-state index contributed by atoms with van der Waals surface area (Å²) in [6.07, 6.45) is 0. The lowest BCUT2D eigenvalue weighted by Crippen LogP contribution is -2.16. The number of para-hydroxylation sites is 1. The van der Waals surface area contributed by atoms with Crippen molar-refractivity contribution in [2.45, 2.75) is 13.8 Å². The average molecular weight is 354 g/mol. The lowest BCUT2D eigenvalue weighted by atomic mass is 10.1. The predicted octanol–water partition coefficient (Wildman–Crippen LogP) is 3.79. The maximum Gasteiger partial charge on any atom is 0.272 e. The van der Waals surface area contributed by atoms with Crippen LogP contribution in [0.15, 0.2) is 48.5 Å². The molecule has 3 aromatic rings. The molecule has 0 radical (unpaired) electrons. The highest BCUT2D eigenvalue weighted by Gasteiger charge is 2.17. The number of hydrogen-bond acceptors (Lipinski definition) is 4. The SMILES string of the molecule is Cc1cc(NC(=O)c2ccc([N+](=O)[O-])c(C)c2)n(-c2ccccc2F)n1. The third-order valence-electron chi connectivity index (χ3n) is 3.81. The van der Waals surface area contributed by atoms with Gasteiger partial charge in [-0.3, -0.25) is 14.9 Å². The third-order valence-corrected chi connectivity index (χ3v) is 3.81. The molecule has 132 valence electrons. The number of rotatable bonds is 4. The molecule has 0 unspecified atom stereocenters. The van der Waals surface area contributed by atoms with Crippen LogP contribution in [-0.4, -0.2) is 20.6 Å². The van der Waals surface area contributed by atoms with Crippen molar-refractivity contribution in [3.63, 3.8) is 0 Å². The highest BCUT2D eigenvalue weighted by Crippen LogP contribution is 2.22. The van der Waals surface area contributed by atoms with E-state index in [1.807, 2.05) is 0 Å². The van der Waals surface area contributed by atoms with E-state index in [0.29, 0.717) is 17.1 Å². The van der Waals surface area contributed by atoms with Crippen LogP contribution >= 0.6 is 0 Å². The Morgan fingerprint density at radius 1 is 1.19 bits per heavy atom. The van der Waals surface area contributed by atoms with Gasteiger partial charge in [-0.15, -0.1) is 0 Å². The van der Waals surface area contributed by atoms with E-state index in [-0.39, 0.29) is 16.9 Å². The van der Waals surface area contributed by atoms with Crippen molar-refractivity contribution in [3.05, 3.63) is 81.3 Å². The molecule has 0 aliphatic heterocycles. The van der Waals surface area contributed by atoms with Gasteiger partial charge in [-0.1, -0.05) is 12.1 Å². The molecule has 0 saturated heterocycles. The lowest BCUT2D eigenvalue weighted by Gasteiger charge is -2.10. The summed E-state index contributed by atoms with van der Waals surface area (Å²) >= 11 is 0. The van der Waals surface area contributed by atoms with Crippen LogP contribution in [0.1, 0.15) is 21.6 Å². The summed E-state index contributed by atoms with van der Waals surface area (Å²) in [6, 6.07) is 11.8. The smallest absolute Gasteiger partial charge is 0.272 e. The Morgan fingerprint density at radius 2 is 1.92 bits per heavy atom. The van der Waals surface area contributed by atoms with Crippen LogP contribution < -0.4 is 5.32 Å². The molecule has 1 aromatic heterocycles. The zero-order valence-electron chi connectivity index (χ0n) is 14.1. The number of aryl methyl sites for hydroxylation is 2. The van der Waals surface area contributed by atoms with Crippen molar-refractivity contribution >= 4 is 17.4 Å². The summed E-state index contributed by atoms with van der Waals surface area (Å²) in [7, 11) is 0. The van der Waals surface area contributed by atoms with E-state index in [1.54, 1.807) is 38.1 Å². The van der Waals surface area contributed by atoms with Crippen molar-refractivity contribution in [1.29, 1.82) is 0 Å². The number of nitrogens with one attached hydrogen (secondary N) is 1. The van der Waals surface area contributed by atoms with Gasteiger partial charge in [0.2, 0.25) is 0 Å². The number of amides is 1. The first kappa shape index (κ1) is 17.3. The zero-order chi connectivity index (χ0) is 18.8. The minimum atomic E-state index is -0.506. The Balaban J connectivity index is 1.93. The maximum atomic E-state index is 14.1. The number of aromatic nitrogens is 2. The second-order valence-electron chi connectivity index (χ2n) is 5.75. The number of hydrogen-bond donors (Lipinski definition) is 1. The molecule has 0 saturated carbocycles. The zero-order valence-corrected chi connectivity index (χ0v) is 14.1. The number of carbonyl (C=O) groups excluding carboxylic acids is 1. The first-order valence-corrected chi connectivity index (χ1v) is 7.75. The molecule has 8 heteroatoms. The number of nitro benzene ring substituents is 1. The second-order valence-corrected chi connectivity index (χ2v) is 5.75. The molecular weight excluding hydrogens is 339 g/mol. The van der Waals surface area contributed by atoms with Crippen LogP contribution in [0.2, 0.25) is 0 Å². The molecule has 0 aliphatic rings. The van der Waals surface area contributed by atoms with Gasteiger partial charge in [0.1, 0.15) is 17.3 Å². The molecule has 0 bridgehead atoms. The summed E-state index contributed by atoms with van der Waals surface area (Å²) in [5.74, 6) is -0.647. The van der Waals surface area contributed by atoms with Gasteiger partial charge >= 0.3 is 0 Å². The molecule has 2 aromatic carbocycles. The standard InChI is InChI=1S/C18H15FN4O3/c1-11-9-13(7-8-15(11)23(25)26)18(24)20-17-10-12(2)21-22(17)16-6-4-3-5-14(16)19/h3-10H,1-2H3,(H,20,24). The van der Waals surface area contributed by atoms with Crippen molar-refractivity contribution < 1.29 is 14.1 Å². The first-order chi connectivity index (χ1) is 12.4. The summed E-state index contributed by atoms with van der Waals surface area (Å²) in [5, 5.41) is 17.8. The molecule has 0 fully saturated rings. The highest BCUT2D eigenvalue weighted by molar-refractivity contribution is 6.04. The van der Waals surface area contributed by atoms with Gasteiger partial charge in [-0.25, -0.2) is 9.07 Å². The Labute approximate surface area is 148 Å². The van der Waals surface area contributed by atoms with Crippen LogP contribution in [0.3, 0.4) is 0 Å². The number of nitrogens with zero attached hydrogens (tertiary/aromatic N) is 3. The Morgan fingerprint density at radius 3 is 2.58 bits per heavy atom. The first-order valence-electron chi connectivity index (χ1n) is 7.75. The highest BCUT2D eigenvalue weighted by atomic mass is 19.1. The van der Waals surface area contributed by atoms with Gasteiger partial charge < -0.3 is 5.32 Å². The normalized spacial score (nSPS) is 10.6. The van der Waals surface area contributed by atoms with Crippen LogP contribution in [0.4, 0.5) is 15.9 Å². The van der Waals surface area contributed by atoms with E-state index in [1.165, 1.54) is 28.9 Å². The molecule has 0 spiro atoms. The fourth-order valence-corrected chi connectivity index (χ4v) is 2.59. The molecule has 3 rings (SSSR count). The summed E-state index contributed by atoms with van der Waals surface area (Å²) in [5.41, 5.74) is 1.38. The van der Waals surface area contributed by atoms with Gasteiger partial charge in [-0.2, -0.15) is 5.10 Å². The fraction of sp³-hybridized carbons (Fsp3) is 0.111. The average Bonchev–Trinajstić information content (AvgIpc) is 2.94. The number of nitro groups is 1. The number of benzene rings is 2. The molecule has 7 nitrogen and oxygen atoms in total. The van der Waals surface area contributed by atoms with Gasteiger partial charge in [0, 0.05) is 23.3 Å². The maximum absolute atomic E-state index is 14.1. The van der Waals surface area contributed by atoms with Crippen LogP contribution in [0.5, 0.6) is 0 Å². The van der Waals surface area contributed by atoms with Crippen LogP contribution in [0.25, 0.3) is 5.69 Å². The summed E-state index contributed by atoms with van der Waals surface area (Å²) in [4.78, 5) is 22.9. The second kappa shape index (κ2) is 6.75. The summed E-state index contributed by atoms with van der Waals surface area (Å²) < 4.78 is 15.4. The van der Waals surface area contributed by atoms with Gasteiger partial charge in [0.25, 0.3) is 11.6 Å². The van der Waals surface area contributed by atoms with Crippen molar-refractivity contribution in [2.75, 3.05) is 5.32 Å². The molecule has 1 N–H and O–H groups in total. The van der Waals surface area contributed by atoms with Crippen molar-refractivity contribution in [3.8, 4) is 5.69 Å². The molecule has 26 heavy (non-hydrogen) atoms. The topological polar surface area (TPSA) is 90.1 Å². The van der Waals surface area contributed by atoms with E-state index in [0.717, 1.165) is 0 Å². The molecular formula is C18H15FN4O3. The van der Waals surface area contributed by atoms with E-state index in [4.69, 9.17) is 0 Å². The Bertz CT molecular complexity index is 1010. The predicted molar refractivity (Wildman–Crippen MR) is 94.0 cm³/mol. The lowest BCUT2D eigenvalue weighted by molar-refractivity contribution is -0.385. The third kappa shape index (κ3) is 3.30. The fourth-order valence-electron chi connectivity index (χ4n) is 2.59. The largest absolute Gasteiger partial charge is 0.306 e.